The molecule has 5 N–H and O–H groups in total. The van der Waals surface area contributed by atoms with Crippen molar-refractivity contribution < 1.29 is 5.11 Å². The summed E-state index contributed by atoms with van der Waals surface area (Å²) in [4.78, 5) is 6.83. The Hall–Kier alpha value is -0.380. The molecule has 2 unspecified atom stereocenters. The summed E-state index contributed by atoms with van der Waals surface area (Å²) in [5.74, 6) is 0. The van der Waals surface area contributed by atoms with Crippen LogP contribution in [0, 0.1) is 5.41 Å². The molecule has 130 valence electrons. The zero-order valence-electron chi connectivity index (χ0n) is 13.6. The Bertz CT molecular complexity index is 441. The predicted molar refractivity (Wildman–Crippen MR) is 92.6 cm³/mol. The van der Waals surface area contributed by atoms with Gasteiger partial charge in [-0.25, -0.2) is 10.4 Å². The van der Waals surface area contributed by atoms with Gasteiger partial charge in [-0.2, -0.15) is 0 Å². The van der Waals surface area contributed by atoms with Gasteiger partial charge in [0.25, 0.3) is 0 Å². The normalized spacial score (nSPS) is 34.7. The van der Waals surface area contributed by atoms with Crippen LogP contribution in [0.25, 0.3) is 0 Å². The van der Waals surface area contributed by atoms with Gasteiger partial charge in [-0.3, -0.25) is 15.6 Å². The lowest BCUT2D eigenvalue weighted by molar-refractivity contribution is 0.0452. The van der Waals surface area contributed by atoms with E-state index in [1.54, 1.807) is 11.8 Å². The van der Waals surface area contributed by atoms with Gasteiger partial charge in [-0.15, -0.1) is 0 Å². The molecule has 0 bridgehead atoms. The molecule has 1 aliphatic carbocycles. The summed E-state index contributed by atoms with van der Waals surface area (Å²) in [6, 6.07) is 0.416. The lowest BCUT2D eigenvalue weighted by Gasteiger charge is -2.49. The minimum absolute atomic E-state index is 0.220. The van der Waals surface area contributed by atoms with Crippen LogP contribution in [0.15, 0.2) is 4.99 Å². The van der Waals surface area contributed by atoms with Crippen LogP contribution in [0.2, 0.25) is 0 Å². The second-order valence-electron chi connectivity index (χ2n) is 7.34. The Morgan fingerprint density at radius 1 is 1.26 bits per heavy atom. The highest BCUT2D eigenvalue weighted by molar-refractivity contribution is 8.14. The third-order valence-electron chi connectivity index (χ3n) is 5.70. The lowest BCUT2D eigenvalue weighted by atomic mass is 9.73. The van der Waals surface area contributed by atoms with E-state index in [-0.39, 0.29) is 5.50 Å². The summed E-state index contributed by atoms with van der Waals surface area (Å²) >= 11 is 1.67. The Balaban J connectivity index is 1.24. The number of likely N-dealkylation sites (tertiary alicyclic amines) is 1. The smallest absolute Gasteiger partial charge is 0.204 e. The lowest BCUT2D eigenvalue weighted by Crippen LogP contribution is -2.60. The van der Waals surface area contributed by atoms with E-state index in [1.807, 2.05) is 0 Å². The number of nitrogens with zero attached hydrogens (tertiary/aromatic N) is 2. The van der Waals surface area contributed by atoms with Crippen molar-refractivity contribution in [3.05, 3.63) is 0 Å². The first-order valence-electron chi connectivity index (χ1n) is 8.87. The van der Waals surface area contributed by atoms with E-state index in [2.05, 4.69) is 31.4 Å². The standard InChI is InChI=1S/C15H28N6OS/c22-12(17-11-3-1-2-4-11)18-13-19-20-14(23-13)21-7-5-15(6-8-21)9-16-10-15/h11-12,14,16-17,20,22H,1-10H2,(H,18,19). The van der Waals surface area contributed by atoms with Gasteiger partial charge in [0.2, 0.25) is 6.35 Å². The first-order chi connectivity index (χ1) is 11.2. The largest absolute Gasteiger partial charge is 0.359 e. The van der Waals surface area contributed by atoms with Crippen LogP contribution < -0.4 is 21.5 Å². The quantitative estimate of drug-likeness (QED) is 0.459. The van der Waals surface area contributed by atoms with Crippen molar-refractivity contribution in [2.45, 2.75) is 56.4 Å². The molecule has 3 heterocycles. The Morgan fingerprint density at radius 2 is 2.00 bits per heavy atom. The first kappa shape index (κ1) is 16.1. The third kappa shape index (κ3) is 3.67. The van der Waals surface area contributed by atoms with E-state index in [0.29, 0.717) is 11.5 Å². The van der Waals surface area contributed by atoms with Crippen molar-refractivity contribution in [3.63, 3.8) is 0 Å². The van der Waals surface area contributed by atoms with Crippen LogP contribution in [0.4, 0.5) is 0 Å². The van der Waals surface area contributed by atoms with Crippen LogP contribution in [-0.4, -0.2) is 59.2 Å². The second kappa shape index (κ2) is 6.85. The van der Waals surface area contributed by atoms with Crippen molar-refractivity contribution >= 4 is 16.9 Å². The van der Waals surface area contributed by atoms with Gasteiger partial charge in [0.15, 0.2) is 5.17 Å². The SMILES string of the molecule is OC(N=C1NNC(N2CCC3(CC2)CNC3)S1)NC1CCCC1. The van der Waals surface area contributed by atoms with Crippen LogP contribution in [0.5, 0.6) is 0 Å². The molecule has 1 saturated carbocycles. The van der Waals surface area contributed by atoms with E-state index in [0.717, 1.165) is 31.1 Å². The van der Waals surface area contributed by atoms with Crippen LogP contribution in [-0.2, 0) is 0 Å². The molecule has 4 fully saturated rings. The summed E-state index contributed by atoms with van der Waals surface area (Å²) in [5, 5.41) is 17.5. The molecule has 0 amide bonds. The fourth-order valence-electron chi connectivity index (χ4n) is 4.03. The number of aliphatic imine (C=N–C) groups is 1. The fourth-order valence-corrected chi connectivity index (χ4v) is 5.00. The van der Waals surface area contributed by atoms with Crippen LogP contribution >= 0.6 is 11.8 Å². The number of amidine groups is 1. The van der Waals surface area contributed by atoms with Gasteiger partial charge in [0.1, 0.15) is 5.50 Å². The first-order valence-corrected chi connectivity index (χ1v) is 9.75. The van der Waals surface area contributed by atoms with Crippen molar-refractivity contribution in [2.24, 2.45) is 10.4 Å². The van der Waals surface area contributed by atoms with Gasteiger partial charge >= 0.3 is 0 Å². The number of thioether (sulfide) groups is 1. The third-order valence-corrected chi connectivity index (χ3v) is 6.77. The van der Waals surface area contributed by atoms with E-state index >= 15 is 0 Å². The molecule has 3 saturated heterocycles. The van der Waals surface area contributed by atoms with Gasteiger partial charge in [-0.05, 0) is 31.1 Å². The van der Waals surface area contributed by atoms with Crippen molar-refractivity contribution in [3.8, 4) is 0 Å². The number of hydrazine groups is 1. The van der Waals surface area contributed by atoms with E-state index < -0.39 is 6.35 Å². The van der Waals surface area contributed by atoms with Gasteiger partial charge in [0, 0.05) is 32.2 Å². The molecule has 8 heteroatoms. The number of hydrogen-bond donors (Lipinski definition) is 5. The Kier molecular flexibility index (Phi) is 4.80. The molecular formula is C15H28N6OS. The summed E-state index contributed by atoms with van der Waals surface area (Å²) in [7, 11) is 0. The average molecular weight is 340 g/mol. The van der Waals surface area contributed by atoms with Crippen molar-refractivity contribution in [1.82, 2.24) is 26.4 Å². The van der Waals surface area contributed by atoms with Gasteiger partial charge < -0.3 is 10.4 Å². The average Bonchev–Trinajstić information content (AvgIpc) is 3.18. The minimum Gasteiger partial charge on any atom is -0.359 e. The summed E-state index contributed by atoms with van der Waals surface area (Å²) < 4.78 is 0. The Morgan fingerprint density at radius 3 is 2.65 bits per heavy atom. The monoisotopic (exact) mass is 340 g/mol. The highest BCUT2D eigenvalue weighted by Crippen LogP contribution is 2.36. The summed E-state index contributed by atoms with van der Waals surface area (Å²) in [6.07, 6.45) is 6.54. The topological polar surface area (TPSA) is 84.0 Å². The maximum atomic E-state index is 10.1. The number of rotatable bonds is 4. The molecular weight excluding hydrogens is 312 g/mol. The molecule has 4 aliphatic rings. The molecule has 0 aromatic carbocycles. The highest BCUT2D eigenvalue weighted by Gasteiger charge is 2.41. The molecule has 1 spiro atoms. The highest BCUT2D eigenvalue weighted by atomic mass is 32.2. The Labute approximate surface area is 142 Å². The molecule has 2 atom stereocenters. The number of aliphatic hydroxyl groups excluding tert-OH is 1. The maximum absolute atomic E-state index is 10.1. The zero-order chi connectivity index (χ0) is 15.7. The molecule has 23 heavy (non-hydrogen) atoms. The maximum Gasteiger partial charge on any atom is 0.204 e. The second-order valence-corrected chi connectivity index (χ2v) is 8.40. The number of aliphatic hydroxyl groups is 1. The predicted octanol–water partition coefficient (Wildman–Crippen LogP) is -0.0395. The zero-order valence-corrected chi connectivity index (χ0v) is 14.4. The van der Waals surface area contributed by atoms with Crippen molar-refractivity contribution in [1.29, 1.82) is 0 Å². The van der Waals surface area contributed by atoms with Gasteiger partial charge in [0.05, 0.1) is 0 Å². The molecule has 7 nitrogen and oxygen atoms in total. The van der Waals surface area contributed by atoms with Gasteiger partial charge in [-0.1, -0.05) is 24.6 Å². The van der Waals surface area contributed by atoms with E-state index in [9.17, 15) is 5.11 Å². The number of piperidine rings is 1. The molecule has 0 aromatic heterocycles. The van der Waals surface area contributed by atoms with E-state index in [4.69, 9.17) is 0 Å². The van der Waals surface area contributed by atoms with Crippen LogP contribution in [0.1, 0.15) is 38.5 Å². The van der Waals surface area contributed by atoms with Crippen molar-refractivity contribution in [2.75, 3.05) is 26.2 Å². The molecule has 3 aliphatic heterocycles. The number of hydrogen-bond acceptors (Lipinski definition) is 7. The molecule has 0 radical (unpaired) electrons. The minimum atomic E-state index is -0.806. The molecule has 0 aromatic rings. The van der Waals surface area contributed by atoms with E-state index in [1.165, 1.54) is 38.8 Å². The number of nitrogens with one attached hydrogen (secondary N) is 4. The summed E-state index contributed by atoms with van der Waals surface area (Å²) in [6.45, 7) is 4.64. The summed E-state index contributed by atoms with van der Waals surface area (Å²) in [5.41, 5.74) is 7.20. The molecule has 4 rings (SSSR count). The fraction of sp³-hybridized carbons (Fsp3) is 0.933. The van der Waals surface area contributed by atoms with Crippen LogP contribution in [0.3, 0.4) is 0 Å².